The summed E-state index contributed by atoms with van der Waals surface area (Å²) in [5, 5.41) is 9.18. The van der Waals surface area contributed by atoms with Crippen LogP contribution < -0.4 is 5.32 Å². The molecular weight excluding hydrogens is 264 g/mol. The van der Waals surface area contributed by atoms with E-state index in [0.717, 1.165) is 16.5 Å². The summed E-state index contributed by atoms with van der Waals surface area (Å²) in [6.45, 7) is 2.23. The second-order valence-electron chi connectivity index (χ2n) is 4.86. The van der Waals surface area contributed by atoms with Gasteiger partial charge >= 0.3 is 0 Å². The van der Waals surface area contributed by atoms with Gasteiger partial charge in [-0.2, -0.15) is 5.10 Å². The van der Waals surface area contributed by atoms with E-state index in [1.165, 1.54) is 0 Å². The van der Waals surface area contributed by atoms with E-state index in [-0.39, 0.29) is 11.9 Å². The van der Waals surface area contributed by atoms with Crippen LogP contribution >= 0.6 is 0 Å². The molecule has 1 N–H and O–H groups in total. The number of amides is 1. The lowest BCUT2D eigenvalue weighted by Crippen LogP contribution is -2.31. The predicted molar refractivity (Wildman–Crippen MR) is 80.5 cm³/mol. The first-order valence-electron chi connectivity index (χ1n) is 6.85. The number of carbonyl (C=O) groups excluding carboxylic acids is 1. The largest absolute Gasteiger partial charge is 0.349 e. The molecule has 1 aromatic carbocycles. The Morgan fingerprint density at radius 3 is 2.90 bits per heavy atom. The first-order valence-corrected chi connectivity index (χ1v) is 6.85. The van der Waals surface area contributed by atoms with E-state index in [2.05, 4.69) is 15.4 Å². The van der Waals surface area contributed by atoms with E-state index in [1.807, 2.05) is 37.3 Å². The maximum absolute atomic E-state index is 12.2. The van der Waals surface area contributed by atoms with Gasteiger partial charge in [0.2, 0.25) is 5.91 Å². The van der Waals surface area contributed by atoms with E-state index >= 15 is 0 Å². The van der Waals surface area contributed by atoms with Crippen molar-refractivity contribution in [1.82, 2.24) is 20.1 Å². The van der Waals surface area contributed by atoms with Crippen molar-refractivity contribution in [2.45, 2.75) is 19.5 Å². The number of pyridine rings is 1. The van der Waals surface area contributed by atoms with Gasteiger partial charge in [-0.15, -0.1) is 0 Å². The summed E-state index contributed by atoms with van der Waals surface area (Å²) >= 11 is 0. The summed E-state index contributed by atoms with van der Waals surface area (Å²) < 4.78 is 1.63. The van der Waals surface area contributed by atoms with Gasteiger partial charge in [-0.25, -0.2) is 0 Å². The Balaban J connectivity index is 1.73. The lowest BCUT2D eigenvalue weighted by Gasteiger charge is -2.13. The first kappa shape index (κ1) is 13.3. The van der Waals surface area contributed by atoms with Gasteiger partial charge < -0.3 is 5.32 Å². The van der Waals surface area contributed by atoms with Crippen molar-refractivity contribution in [3.8, 4) is 0 Å². The van der Waals surface area contributed by atoms with Crippen LogP contribution in [0.5, 0.6) is 0 Å². The minimum absolute atomic E-state index is 0.0755. The van der Waals surface area contributed by atoms with Crippen molar-refractivity contribution < 1.29 is 4.79 Å². The molecule has 0 aliphatic rings. The smallest absolute Gasteiger partial charge is 0.244 e. The number of carbonyl (C=O) groups is 1. The minimum Gasteiger partial charge on any atom is -0.349 e. The maximum Gasteiger partial charge on any atom is 0.244 e. The summed E-state index contributed by atoms with van der Waals surface area (Å²) in [5.74, 6) is -0.0755. The van der Waals surface area contributed by atoms with Gasteiger partial charge in [-0.3, -0.25) is 14.5 Å². The van der Waals surface area contributed by atoms with Crippen LogP contribution in [0.25, 0.3) is 10.8 Å². The van der Waals surface area contributed by atoms with E-state index in [9.17, 15) is 4.79 Å². The molecular formula is C16H16N4O. The number of nitrogens with zero attached hydrogens (tertiary/aromatic N) is 3. The average Bonchev–Trinajstić information content (AvgIpc) is 3.06. The molecule has 21 heavy (non-hydrogen) atoms. The Morgan fingerprint density at radius 2 is 2.10 bits per heavy atom. The van der Waals surface area contributed by atoms with E-state index < -0.39 is 0 Å². The zero-order valence-electron chi connectivity index (χ0n) is 11.7. The van der Waals surface area contributed by atoms with Crippen LogP contribution in [0, 0.1) is 0 Å². The van der Waals surface area contributed by atoms with Gasteiger partial charge in [-0.05, 0) is 24.4 Å². The fraction of sp³-hybridized carbons (Fsp3) is 0.188. The molecule has 2 aromatic heterocycles. The molecule has 0 spiro atoms. The standard InChI is InChI=1S/C16H16N4O/c1-12(20-10-4-8-19-20)16(21)18-11-15-14-6-3-2-5-13(14)7-9-17-15/h2-10,12H,11H2,1H3,(H,18,21)/t12-/m0/s1. The molecule has 3 rings (SSSR count). The molecule has 0 radical (unpaired) electrons. The Morgan fingerprint density at radius 1 is 1.24 bits per heavy atom. The topological polar surface area (TPSA) is 59.8 Å². The van der Waals surface area contributed by atoms with Gasteiger partial charge in [0.05, 0.1) is 12.2 Å². The molecule has 3 aromatic rings. The van der Waals surface area contributed by atoms with Crippen molar-refractivity contribution in [2.75, 3.05) is 0 Å². The van der Waals surface area contributed by atoms with E-state index in [4.69, 9.17) is 0 Å². The van der Waals surface area contributed by atoms with Crippen LogP contribution in [-0.2, 0) is 11.3 Å². The summed E-state index contributed by atoms with van der Waals surface area (Å²) in [7, 11) is 0. The fourth-order valence-electron chi connectivity index (χ4n) is 2.27. The molecule has 1 atom stereocenters. The second kappa shape index (κ2) is 5.75. The quantitative estimate of drug-likeness (QED) is 0.797. The third-order valence-corrected chi connectivity index (χ3v) is 3.49. The van der Waals surface area contributed by atoms with Crippen LogP contribution in [0.4, 0.5) is 0 Å². The third kappa shape index (κ3) is 2.76. The molecule has 0 bridgehead atoms. The Hall–Kier alpha value is -2.69. The summed E-state index contributed by atoms with van der Waals surface area (Å²) in [6, 6.07) is 11.4. The van der Waals surface area contributed by atoms with Gasteiger partial charge in [0.25, 0.3) is 0 Å². The lowest BCUT2D eigenvalue weighted by atomic mass is 10.1. The lowest BCUT2D eigenvalue weighted by molar-refractivity contribution is -0.124. The van der Waals surface area contributed by atoms with Crippen LogP contribution in [-0.4, -0.2) is 20.7 Å². The zero-order valence-corrected chi connectivity index (χ0v) is 11.7. The van der Waals surface area contributed by atoms with Crippen LogP contribution in [0.15, 0.2) is 55.0 Å². The molecule has 0 aliphatic carbocycles. The number of hydrogen-bond donors (Lipinski definition) is 1. The molecule has 106 valence electrons. The Labute approximate surface area is 122 Å². The molecule has 5 nitrogen and oxygen atoms in total. The molecule has 0 unspecified atom stereocenters. The highest BCUT2D eigenvalue weighted by atomic mass is 16.2. The zero-order chi connectivity index (χ0) is 14.7. The van der Waals surface area contributed by atoms with Crippen LogP contribution in [0.3, 0.4) is 0 Å². The highest BCUT2D eigenvalue weighted by Gasteiger charge is 2.14. The number of benzene rings is 1. The monoisotopic (exact) mass is 280 g/mol. The van der Waals surface area contributed by atoms with Crippen molar-refractivity contribution in [3.05, 3.63) is 60.7 Å². The predicted octanol–water partition coefficient (Wildman–Crippen LogP) is 2.31. The molecule has 0 aliphatic heterocycles. The highest BCUT2D eigenvalue weighted by molar-refractivity contribution is 5.85. The third-order valence-electron chi connectivity index (χ3n) is 3.49. The normalized spacial score (nSPS) is 12.2. The van der Waals surface area contributed by atoms with Crippen molar-refractivity contribution in [1.29, 1.82) is 0 Å². The van der Waals surface area contributed by atoms with Gasteiger partial charge in [-0.1, -0.05) is 24.3 Å². The molecule has 0 saturated heterocycles. The highest BCUT2D eigenvalue weighted by Crippen LogP contribution is 2.16. The van der Waals surface area contributed by atoms with Crippen molar-refractivity contribution in [3.63, 3.8) is 0 Å². The summed E-state index contributed by atoms with van der Waals surface area (Å²) in [6.07, 6.45) is 5.21. The molecule has 2 heterocycles. The Kier molecular flexibility index (Phi) is 3.64. The minimum atomic E-state index is -0.338. The number of fused-ring (bicyclic) bond motifs is 1. The molecule has 5 heteroatoms. The van der Waals surface area contributed by atoms with E-state index in [0.29, 0.717) is 6.54 Å². The van der Waals surface area contributed by atoms with Crippen molar-refractivity contribution >= 4 is 16.7 Å². The van der Waals surface area contributed by atoms with E-state index in [1.54, 1.807) is 29.3 Å². The second-order valence-corrected chi connectivity index (χ2v) is 4.86. The average molecular weight is 280 g/mol. The number of nitrogens with one attached hydrogen (secondary N) is 1. The first-order chi connectivity index (χ1) is 10.3. The maximum atomic E-state index is 12.2. The van der Waals surface area contributed by atoms with Gasteiger partial charge in [0, 0.05) is 24.0 Å². The van der Waals surface area contributed by atoms with Crippen LogP contribution in [0.2, 0.25) is 0 Å². The number of aromatic nitrogens is 3. The summed E-state index contributed by atoms with van der Waals surface area (Å²) in [5.41, 5.74) is 0.870. The van der Waals surface area contributed by atoms with Crippen LogP contribution in [0.1, 0.15) is 18.7 Å². The molecule has 1 amide bonds. The van der Waals surface area contributed by atoms with Gasteiger partial charge in [0.1, 0.15) is 6.04 Å². The Bertz CT molecular complexity index is 747. The SMILES string of the molecule is C[C@@H](C(=O)NCc1nccc2ccccc12)n1cccn1. The molecule has 0 fully saturated rings. The number of rotatable bonds is 4. The van der Waals surface area contributed by atoms with Crippen molar-refractivity contribution in [2.24, 2.45) is 0 Å². The summed E-state index contributed by atoms with van der Waals surface area (Å²) in [4.78, 5) is 16.5. The fourth-order valence-corrected chi connectivity index (χ4v) is 2.27. The van der Waals surface area contributed by atoms with Gasteiger partial charge in [0.15, 0.2) is 0 Å². The molecule has 0 saturated carbocycles. The number of hydrogen-bond acceptors (Lipinski definition) is 3.